The number of para-hydroxylation sites is 1. The lowest BCUT2D eigenvalue weighted by molar-refractivity contribution is -0.0235. The molecule has 1 fully saturated rings. The number of hydrogen-bond acceptors (Lipinski definition) is 6. The summed E-state index contributed by atoms with van der Waals surface area (Å²) < 4.78 is 30.6. The Morgan fingerprint density at radius 1 is 1.08 bits per heavy atom. The first-order chi connectivity index (χ1) is 12.4. The molecule has 2 N–H and O–H groups in total. The van der Waals surface area contributed by atoms with E-state index in [9.17, 15) is 18.6 Å². The average molecular weight is 377 g/mol. The van der Waals surface area contributed by atoms with Crippen LogP contribution in [0.2, 0.25) is 0 Å². The number of phenols is 1. The number of hydrogen-bond donors (Lipinski definition) is 2. The molecule has 0 saturated carbocycles. The van der Waals surface area contributed by atoms with E-state index in [0.29, 0.717) is 26.1 Å². The standard InChI is InChI=1S/C19H23NO5S/c21-15-6-8-17(9-7-15)26(23,24)13-12-20-11-10-19(18(22)14-20)25-16-4-2-1-3-5-16/h1-9,18-19,21-22H,10-14H2. The largest absolute Gasteiger partial charge is 0.508 e. The first kappa shape index (κ1) is 18.7. The van der Waals surface area contributed by atoms with Crippen LogP contribution in [0.25, 0.3) is 0 Å². The number of aromatic hydroxyl groups is 1. The third-order valence-electron chi connectivity index (χ3n) is 4.51. The molecule has 140 valence electrons. The SMILES string of the molecule is O=S(=O)(CCN1CCC(Oc2ccccc2)C(O)C1)c1ccc(O)cc1. The van der Waals surface area contributed by atoms with Crippen LogP contribution in [0.15, 0.2) is 59.5 Å². The molecule has 0 aliphatic carbocycles. The van der Waals surface area contributed by atoms with Gasteiger partial charge in [-0.1, -0.05) is 18.2 Å². The molecule has 2 aromatic carbocycles. The maximum Gasteiger partial charge on any atom is 0.179 e. The summed E-state index contributed by atoms with van der Waals surface area (Å²) in [5.74, 6) is 0.724. The third-order valence-corrected chi connectivity index (χ3v) is 6.22. The van der Waals surface area contributed by atoms with Crippen molar-refractivity contribution in [3.05, 3.63) is 54.6 Å². The fraction of sp³-hybridized carbons (Fsp3) is 0.368. The number of sulfone groups is 1. The Balaban J connectivity index is 1.52. The molecule has 0 bridgehead atoms. The highest BCUT2D eigenvalue weighted by Gasteiger charge is 2.30. The molecule has 1 aliphatic rings. The van der Waals surface area contributed by atoms with Crippen LogP contribution < -0.4 is 4.74 Å². The number of β-amino-alcohol motifs (C(OH)–C–C–N with tert-alkyl or cyclic N) is 1. The lowest BCUT2D eigenvalue weighted by Crippen LogP contribution is -2.50. The van der Waals surface area contributed by atoms with Gasteiger partial charge in [-0.15, -0.1) is 0 Å². The normalized spacial score (nSPS) is 21.4. The van der Waals surface area contributed by atoms with Crippen LogP contribution in [0.1, 0.15) is 6.42 Å². The second-order valence-electron chi connectivity index (χ2n) is 6.44. The maximum absolute atomic E-state index is 12.4. The van der Waals surface area contributed by atoms with Gasteiger partial charge in [0.2, 0.25) is 0 Å². The summed E-state index contributed by atoms with van der Waals surface area (Å²) in [4.78, 5) is 2.13. The van der Waals surface area contributed by atoms with Crippen LogP contribution in [-0.2, 0) is 9.84 Å². The highest BCUT2D eigenvalue weighted by molar-refractivity contribution is 7.91. The minimum absolute atomic E-state index is 0.0330. The number of phenolic OH excluding ortho intramolecular Hbond substituents is 1. The van der Waals surface area contributed by atoms with Crippen molar-refractivity contribution in [3.63, 3.8) is 0 Å². The molecule has 2 unspecified atom stereocenters. The number of piperidine rings is 1. The molecular weight excluding hydrogens is 354 g/mol. The molecule has 0 amide bonds. The molecular formula is C19H23NO5S. The average Bonchev–Trinajstić information content (AvgIpc) is 2.63. The number of benzene rings is 2. The first-order valence-corrected chi connectivity index (χ1v) is 10.2. The topological polar surface area (TPSA) is 87.1 Å². The summed E-state index contributed by atoms with van der Waals surface area (Å²) in [5, 5.41) is 19.6. The highest BCUT2D eigenvalue weighted by Crippen LogP contribution is 2.20. The molecule has 3 rings (SSSR count). The van der Waals surface area contributed by atoms with Crippen molar-refractivity contribution in [1.29, 1.82) is 0 Å². The first-order valence-electron chi connectivity index (χ1n) is 8.58. The van der Waals surface area contributed by atoms with E-state index < -0.39 is 15.9 Å². The van der Waals surface area contributed by atoms with Crippen LogP contribution in [-0.4, -0.2) is 61.1 Å². The Kier molecular flexibility index (Phi) is 5.80. The van der Waals surface area contributed by atoms with E-state index >= 15 is 0 Å². The summed E-state index contributed by atoms with van der Waals surface area (Å²) in [6.07, 6.45) is -0.322. The van der Waals surface area contributed by atoms with Gasteiger partial charge in [0, 0.05) is 19.6 Å². The van der Waals surface area contributed by atoms with Gasteiger partial charge >= 0.3 is 0 Å². The molecule has 2 atom stereocenters. The fourth-order valence-electron chi connectivity index (χ4n) is 3.01. The van der Waals surface area contributed by atoms with Gasteiger partial charge in [0.25, 0.3) is 0 Å². The van der Waals surface area contributed by atoms with E-state index in [0.717, 1.165) is 5.75 Å². The lowest BCUT2D eigenvalue weighted by Gasteiger charge is -2.35. The van der Waals surface area contributed by atoms with Crippen molar-refractivity contribution < 1.29 is 23.4 Å². The lowest BCUT2D eigenvalue weighted by atomic mass is 10.0. The summed E-state index contributed by atoms with van der Waals surface area (Å²) >= 11 is 0. The summed E-state index contributed by atoms with van der Waals surface area (Å²) in [6, 6.07) is 14.9. The fourth-order valence-corrected chi connectivity index (χ4v) is 4.30. The van der Waals surface area contributed by atoms with Gasteiger partial charge in [-0.2, -0.15) is 0 Å². The van der Waals surface area contributed by atoms with Gasteiger partial charge in [0.15, 0.2) is 9.84 Å². The predicted molar refractivity (Wildman–Crippen MR) is 98.1 cm³/mol. The predicted octanol–water partition coefficient (Wildman–Crippen LogP) is 1.68. The molecule has 0 aromatic heterocycles. The Morgan fingerprint density at radius 2 is 1.77 bits per heavy atom. The highest BCUT2D eigenvalue weighted by atomic mass is 32.2. The van der Waals surface area contributed by atoms with Gasteiger partial charge in [0.1, 0.15) is 23.7 Å². The summed E-state index contributed by atoms with van der Waals surface area (Å²) in [5.41, 5.74) is 0. The van der Waals surface area contributed by atoms with Crippen molar-refractivity contribution >= 4 is 9.84 Å². The number of likely N-dealkylation sites (tertiary alicyclic amines) is 1. The summed E-state index contributed by atoms with van der Waals surface area (Å²) in [7, 11) is -3.42. The van der Waals surface area contributed by atoms with E-state index in [4.69, 9.17) is 4.74 Å². The van der Waals surface area contributed by atoms with Crippen LogP contribution in [0.4, 0.5) is 0 Å². The zero-order chi connectivity index (χ0) is 18.6. The second-order valence-corrected chi connectivity index (χ2v) is 8.55. The van der Waals surface area contributed by atoms with Gasteiger partial charge < -0.3 is 14.9 Å². The van der Waals surface area contributed by atoms with E-state index in [2.05, 4.69) is 0 Å². The molecule has 7 heteroatoms. The van der Waals surface area contributed by atoms with Gasteiger partial charge in [-0.25, -0.2) is 8.42 Å². The number of aliphatic hydroxyl groups is 1. The second kappa shape index (κ2) is 8.07. The molecule has 1 saturated heterocycles. The summed E-state index contributed by atoms with van der Waals surface area (Å²) in [6.45, 7) is 1.39. The van der Waals surface area contributed by atoms with E-state index in [1.165, 1.54) is 24.3 Å². The van der Waals surface area contributed by atoms with E-state index in [-0.39, 0.29) is 22.5 Å². The minimum Gasteiger partial charge on any atom is -0.508 e. The van der Waals surface area contributed by atoms with Crippen LogP contribution in [0.3, 0.4) is 0 Å². The molecule has 1 aliphatic heterocycles. The smallest absolute Gasteiger partial charge is 0.179 e. The van der Waals surface area contributed by atoms with Crippen molar-refractivity contribution in [3.8, 4) is 11.5 Å². The molecule has 26 heavy (non-hydrogen) atoms. The Hall–Kier alpha value is -2.09. The van der Waals surface area contributed by atoms with E-state index in [1.54, 1.807) is 0 Å². The molecule has 0 radical (unpaired) electrons. The molecule has 2 aromatic rings. The Labute approximate surface area is 153 Å². The van der Waals surface area contributed by atoms with Crippen LogP contribution in [0, 0.1) is 0 Å². The van der Waals surface area contributed by atoms with Crippen molar-refractivity contribution in [2.24, 2.45) is 0 Å². The van der Waals surface area contributed by atoms with Crippen LogP contribution in [0.5, 0.6) is 11.5 Å². The Morgan fingerprint density at radius 3 is 2.42 bits per heavy atom. The molecule has 0 spiro atoms. The van der Waals surface area contributed by atoms with Gasteiger partial charge in [-0.3, -0.25) is 4.90 Å². The number of ether oxygens (including phenoxy) is 1. The van der Waals surface area contributed by atoms with E-state index in [1.807, 2.05) is 35.2 Å². The third kappa shape index (κ3) is 4.75. The van der Waals surface area contributed by atoms with Crippen molar-refractivity contribution in [2.45, 2.75) is 23.5 Å². The van der Waals surface area contributed by atoms with Crippen LogP contribution >= 0.6 is 0 Å². The zero-order valence-corrected chi connectivity index (χ0v) is 15.2. The number of aliphatic hydroxyl groups excluding tert-OH is 1. The Bertz CT molecular complexity index is 808. The molecule has 6 nitrogen and oxygen atoms in total. The zero-order valence-electron chi connectivity index (χ0n) is 14.4. The van der Waals surface area contributed by atoms with Gasteiger partial charge in [-0.05, 0) is 42.8 Å². The van der Waals surface area contributed by atoms with Crippen molar-refractivity contribution in [2.75, 3.05) is 25.4 Å². The molecule has 1 heterocycles. The number of rotatable bonds is 6. The quantitative estimate of drug-likeness (QED) is 0.797. The number of nitrogens with zero attached hydrogens (tertiary/aromatic N) is 1. The monoisotopic (exact) mass is 377 g/mol. The maximum atomic E-state index is 12.4. The van der Waals surface area contributed by atoms with Crippen molar-refractivity contribution in [1.82, 2.24) is 4.90 Å². The van der Waals surface area contributed by atoms with Gasteiger partial charge in [0.05, 0.1) is 10.6 Å². The minimum atomic E-state index is -3.42.